The predicted octanol–water partition coefficient (Wildman–Crippen LogP) is 1.49. The number of aliphatic imine (C=N–C) groups is 1. The van der Waals surface area contributed by atoms with Crippen LogP contribution in [0.5, 0.6) is 0 Å². The van der Waals surface area contributed by atoms with Crippen LogP contribution in [0.4, 0.5) is 11.4 Å². The molecule has 0 unspecified atom stereocenters. The molecule has 1 aliphatic rings. The number of benzene rings is 1. The van der Waals surface area contributed by atoms with Crippen molar-refractivity contribution >= 4 is 17.4 Å². The van der Waals surface area contributed by atoms with E-state index in [2.05, 4.69) is 10.3 Å². The van der Waals surface area contributed by atoms with Gasteiger partial charge in [0.05, 0.1) is 12.2 Å². The van der Waals surface area contributed by atoms with E-state index in [-0.39, 0.29) is 10.9 Å². The van der Waals surface area contributed by atoms with E-state index < -0.39 is 0 Å². The van der Waals surface area contributed by atoms with Crippen molar-refractivity contribution in [3.8, 4) is 0 Å². The number of ether oxygens (including phenoxy) is 1. The highest BCUT2D eigenvalue weighted by Gasteiger charge is 2.09. The highest BCUT2D eigenvalue weighted by atomic mass is 16.8. The number of nitrogens with one attached hydrogen (secondary N) is 1. The molecule has 1 aromatic carbocycles. The zero-order valence-corrected chi connectivity index (χ0v) is 8.80. The van der Waals surface area contributed by atoms with Crippen molar-refractivity contribution in [2.45, 2.75) is 6.92 Å². The Morgan fingerprint density at radius 2 is 2.38 bits per heavy atom. The molecule has 6 heteroatoms. The zero-order chi connectivity index (χ0) is 11.5. The van der Waals surface area contributed by atoms with E-state index >= 15 is 0 Å². The largest absolute Gasteiger partial charge is 0.733 e. The third kappa shape index (κ3) is 2.23. The van der Waals surface area contributed by atoms with Crippen LogP contribution in [0.25, 0.3) is 0 Å². The predicted molar refractivity (Wildman–Crippen MR) is 60.7 cm³/mol. The van der Waals surface area contributed by atoms with E-state index in [0.29, 0.717) is 24.9 Å². The van der Waals surface area contributed by atoms with E-state index in [1.54, 1.807) is 6.07 Å². The maximum absolute atomic E-state index is 10.7. The first kappa shape index (κ1) is 10.7. The number of nitrogens with zero attached hydrogens (tertiary/aromatic N) is 2. The fourth-order valence-corrected chi connectivity index (χ4v) is 1.39. The minimum atomic E-state index is -0.179. The lowest BCUT2D eigenvalue weighted by molar-refractivity contribution is 0.296. The Balaban J connectivity index is 2.21. The van der Waals surface area contributed by atoms with Crippen LogP contribution in [0.1, 0.15) is 5.56 Å². The molecule has 0 aromatic heterocycles. The van der Waals surface area contributed by atoms with Crippen LogP contribution < -0.4 is 10.5 Å². The molecule has 16 heavy (non-hydrogen) atoms. The second-order valence-corrected chi connectivity index (χ2v) is 3.43. The summed E-state index contributed by atoms with van der Waals surface area (Å²) in [4.78, 5) is 4.08. The van der Waals surface area contributed by atoms with Crippen LogP contribution >= 0.6 is 0 Å². The van der Waals surface area contributed by atoms with Gasteiger partial charge in [-0.15, -0.1) is 0 Å². The minimum absolute atomic E-state index is 0.159. The van der Waals surface area contributed by atoms with Crippen molar-refractivity contribution in [2.75, 3.05) is 23.7 Å². The summed E-state index contributed by atoms with van der Waals surface area (Å²) in [5.41, 5.74) is 1.78. The Morgan fingerprint density at radius 1 is 1.56 bits per heavy atom. The molecule has 0 fully saturated rings. The quantitative estimate of drug-likeness (QED) is 0.741. The molecule has 1 aromatic rings. The third-order valence-electron chi connectivity index (χ3n) is 2.27. The topological polar surface area (TPSA) is 80.2 Å². The average Bonchev–Trinajstić information content (AvgIpc) is 2.73. The van der Waals surface area contributed by atoms with Crippen molar-refractivity contribution in [1.29, 1.82) is 0 Å². The van der Waals surface area contributed by atoms with Crippen LogP contribution in [0.15, 0.2) is 23.2 Å². The average molecular weight is 222 g/mol. The van der Waals surface area contributed by atoms with Crippen LogP contribution in [0.2, 0.25) is 0 Å². The molecule has 1 heterocycles. The molecule has 0 amide bonds. The SMILES string of the molecule is Cc1ccc(N([O-])O)cc1NC1=NCCO1. The summed E-state index contributed by atoms with van der Waals surface area (Å²) in [5.74, 6) is 0. The molecular formula is C10H12N3O3-. The van der Waals surface area contributed by atoms with E-state index in [1.165, 1.54) is 12.1 Å². The number of rotatable bonds is 2. The third-order valence-corrected chi connectivity index (χ3v) is 2.27. The minimum Gasteiger partial charge on any atom is -0.733 e. The molecule has 1 aliphatic heterocycles. The Labute approximate surface area is 92.7 Å². The van der Waals surface area contributed by atoms with Crippen LogP contribution in [-0.4, -0.2) is 24.4 Å². The summed E-state index contributed by atoms with van der Waals surface area (Å²) in [6.45, 7) is 3.08. The Hall–Kier alpha value is -1.79. The summed E-state index contributed by atoms with van der Waals surface area (Å²) < 4.78 is 5.20. The highest BCUT2D eigenvalue weighted by molar-refractivity contribution is 5.91. The smallest absolute Gasteiger partial charge is 0.289 e. The van der Waals surface area contributed by atoms with Crippen molar-refractivity contribution in [1.82, 2.24) is 0 Å². The monoisotopic (exact) mass is 222 g/mol. The molecule has 0 saturated carbocycles. The van der Waals surface area contributed by atoms with Gasteiger partial charge in [-0.25, -0.2) is 4.99 Å². The first-order chi connectivity index (χ1) is 7.66. The second-order valence-electron chi connectivity index (χ2n) is 3.43. The van der Waals surface area contributed by atoms with E-state index in [9.17, 15) is 5.21 Å². The maximum Gasteiger partial charge on any atom is 0.289 e. The fraction of sp³-hybridized carbons (Fsp3) is 0.300. The summed E-state index contributed by atoms with van der Waals surface area (Å²) in [6.07, 6.45) is 0. The van der Waals surface area contributed by atoms with Crippen molar-refractivity contribution in [3.05, 3.63) is 29.0 Å². The summed E-state index contributed by atoms with van der Waals surface area (Å²) in [7, 11) is 0. The molecule has 6 nitrogen and oxygen atoms in total. The first-order valence-corrected chi connectivity index (χ1v) is 4.88. The Morgan fingerprint density at radius 3 is 3.00 bits per heavy atom. The van der Waals surface area contributed by atoms with Gasteiger partial charge in [0.1, 0.15) is 6.61 Å². The fourth-order valence-electron chi connectivity index (χ4n) is 1.39. The van der Waals surface area contributed by atoms with E-state index in [0.717, 1.165) is 5.56 Å². The van der Waals surface area contributed by atoms with Crippen molar-refractivity contribution < 1.29 is 9.94 Å². The lowest BCUT2D eigenvalue weighted by Gasteiger charge is -2.22. The zero-order valence-electron chi connectivity index (χ0n) is 8.80. The van der Waals surface area contributed by atoms with Gasteiger partial charge >= 0.3 is 0 Å². The van der Waals surface area contributed by atoms with Crippen molar-refractivity contribution in [3.63, 3.8) is 0 Å². The Kier molecular flexibility index (Phi) is 2.93. The van der Waals surface area contributed by atoms with Crippen LogP contribution in [-0.2, 0) is 4.74 Å². The summed E-state index contributed by atoms with van der Waals surface area (Å²) in [5, 5.41) is 22.3. The standard InChI is InChI=1S/C10H12N3O3/c1-7-2-3-8(13(14)15)6-9(7)12-10-11-4-5-16-10/h2-3,6,14H,4-5H2,1H3,(H,11,12)/q-1. The van der Waals surface area contributed by atoms with E-state index in [4.69, 9.17) is 9.94 Å². The number of amidine groups is 1. The molecule has 86 valence electrons. The molecular weight excluding hydrogens is 210 g/mol. The molecule has 0 radical (unpaired) electrons. The number of hydrogen-bond acceptors (Lipinski definition) is 6. The van der Waals surface area contributed by atoms with Gasteiger partial charge < -0.3 is 20.5 Å². The summed E-state index contributed by atoms with van der Waals surface area (Å²) >= 11 is 0. The lowest BCUT2D eigenvalue weighted by atomic mass is 10.2. The molecule has 0 aliphatic carbocycles. The molecule has 2 N–H and O–H groups in total. The summed E-state index contributed by atoms with van der Waals surface area (Å²) in [6, 6.07) is 5.24. The van der Waals surface area contributed by atoms with Gasteiger partial charge in [0.2, 0.25) is 0 Å². The van der Waals surface area contributed by atoms with Gasteiger partial charge in [0, 0.05) is 5.69 Å². The number of hydrogen-bond donors (Lipinski definition) is 2. The van der Waals surface area contributed by atoms with Gasteiger partial charge in [-0.1, -0.05) is 6.07 Å². The Bertz CT molecular complexity index is 418. The van der Waals surface area contributed by atoms with Crippen LogP contribution in [0.3, 0.4) is 0 Å². The van der Waals surface area contributed by atoms with Crippen LogP contribution in [0, 0.1) is 12.1 Å². The molecule has 0 saturated heterocycles. The second kappa shape index (κ2) is 4.38. The van der Waals surface area contributed by atoms with Gasteiger partial charge in [-0.3, -0.25) is 5.21 Å². The number of anilines is 2. The molecule has 0 spiro atoms. The first-order valence-electron chi connectivity index (χ1n) is 4.88. The van der Waals surface area contributed by atoms with Gasteiger partial charge in [0.25, 0.3) is 6.02 Å². The van der Waals surface area contributed by atoms with Crippen molar-refractivity contribution in [2.24, 2.45) is 4.99 Å². The van der Waals surface area contributed by atoms with E-state index in [1.807, 2.05) is 6.92 Å². The molecule has 2 rings (SSSR count). The lowest BCUT2D eigenvalue weighted by Crippen LogP contribution is -2.14. The molecule has 0 atom stereocenters. The normalized spacial score (nSPS) is 14.3. The van der Waals surface area contributed by atoms with Gasteiger partial charge in [-0.2, -0.15) is 0 Å². The van der Waals surface area contributed by atoms with Gasteiger partial charge in [-0.05, 0) is 24.6 Å². The molecule has 0 bridgehead atoms. The number of aryl methyl sites for hydroxylation is 1. The van der Waals surface area contributed by atoms with Gasteiger partial charge in [0.15, 0.2) is 0 Å². The maximum atomic E-state index is 10.7. The highest BCUT2D eigenvalue weighted by Crippen LogP contribution is 2.22.